The number of aromatic nitrogens is 3. The molecule has 1 N–H and O–H groups in total. The van der Waals surface area contributed by atoms with Crippen LogP contribution in [0, 0.1) is 13.8 Å². The lowest BCUT2D eigenvalue weighted by molar-refractivity contribution is 1.20. The summed E-state index contributed by atoms with van der Waals surface area (Å²) in [5.41, 5.74) is 5.33. The summed E-state index contributed by atoms with van der Waals surface area (Å²) >= 11 is 0. The van der Waals surface area contributed by atoms with Gasteiger partial charge in [0.15, 0.2) is 5.82 Å². The average molecular weight is 363 g/mol. The largest absolute Gasteiger partial charge is 0.339 e. The highest BCUT2D eigenvalue weighted by Gasteiger charge is 2.11. The highest BCUT2D eigenvalue weighted by molar-refractivity contribution is 5.92. The van der Waals surface area contributed by atoms with Gasteiger partial charge >= 0.3 is 0 Å². The van der Waals surface area contributed by atoms with Gasteiger partial charge in [-0.1, -0.05) is 24.3 Å². The lowest BCUT2D eigenvalue weighted by atomic mass is 10.1. The molecule has 4 rings (SSSR count). The van der Waals surface area contributed by atoms with Gasteiger partial charge in [0.1, 0.15) is 5.82 Å². The Morgan fingerprint density at radius 3 is 2.50 bits per heavy atom. The standard InChI is InChI=1S/C21H18N4.ClH/c1-14-7-5-11-18(15(14)2)23-21-17-9-3-4-10-19(17)24-20(25-21)16-8-6-12-22-13-16;/h3-13H,1-2H3,(H,23,24,25);1H. The molecule has 0 bridgehead atoms. The van der Waals surface area contributed by atoms with Crippen LogP contribution in [0.2, 0.25) is 0 Å². The zero-order valence-corrected chi connectivity index (χ0v) is 15.4. The number of benzene rings is 2. The zero-order chi connectivity index (χ0) is 17.2. The van der Waals surface area contributed by atoms with Crippen molar-refractivity contribution >= 4 is 34.8 Å². The quantitative estimate of drug-likeness (QED) is 0.524. The predicted octanol–water partition coefficient (Wildman–Crippen LogP) is 5.47. The molecule has 0 atom stereocenters. The highest BCUT2D eigenvalue weighted by Crippen LogP contribution is 2.28. The summed E-state index contributed by atoms with van der Waals surface area (Å²) in [6, 6.07) is 18.1. The van der Waals surface area contributed by atoms with Gasteiger partial charge < -0.3 is 5.32 Å². The summed E-state index contributed by atoms with van der Waals surface area (Å²) in [5.74, 6) is 1.47. The van der Waals surface area contributed by atoms with E-state index in [1.165, 1.54) is 11.1 Å². The Kier molecular flexibility index (Phi) is 5.14. The fourth-order valence-electron chi connectivity index (χ4n) is 2.81. The molecule has 130 valence electrons. The molecule has 2 aromatic carbocycles. The van der Waals surface area contributed by atoms with Crippen molar-refractivity contribution in [1.82, 2.24) is 15.0 Å². The van der Waals surface area contributed by atoms with Crippen molar-refractivity contribution in [1.29, 1.82) is 0 Å². The van der Waals surface area contributed by atoms with E-state index in [0.29, 0.717) is 5.82 Å². The zero-order valence-electron chi connectivity index (χ0n) is 14.6. The number of anilines is 2. The number of fused-ring (bicyclic) bond motifs is 1. The van der Waals surface area contributed by atoms with Crippen LogP contribution in [0.5, 0.6) is 0 Å². The number of para-hydroxylation sites is 1. The molecular formula is C21H19ClN4. The van der Waals surface area contributed by atoms with Crippen LogP contribution in [0.4, 0.5) is 11.5 Å². The van der Waals surface area contributed by atoms with E-state index in [9.17, 15) is 0 Å². The number of nitrogens with one attached hydrogen (secondary N) is 1. The van der Waals surface area contributed by atoms with Gasteiger partial charge in [-0.3, -0.25) is 4.98 Å². The lowest BCUT2D eigenvalue weighted by Crippen LogP contribution is -2.01. The maximum Gasteiger partial charge on any atom is 0.163 e. The number of hydrogen-bond donors (Lipinski definition) is 1. The molecule has 0 saturated carbocycles. The summed E-state index contributed by atoms with van der Waals surface area (Å²) in [6.07, 6.45) is 3.53. The Morgan fingerprint density at radius 1 is 0.846 bits per heavy atom. The lowest BCUT2D eigenvalue weighted by Gasteiger charge is -2.14. The minimum absolute atomic E-state index is 0. The van der Waals surface area contributed by atoms with Crippen molar-refractivity contribution < 1.29 is 0 Å². The first-order chi connectivity index (χ1) is 12.2. The number of pyridine rings is 1. The first-order valence-electron chi connectivity index (χ1n) is 8.23. The topological polar surface area (TPSA) is 50.7 Å². The van der Waals surface area contributed by atoms with Crippen LogP contribution in [0.15, 0.2) is 67.0 Å². The van der Waals surface area contributed by atoms with Gasteiger partial charge in [-0.05, 0) is 55.3 Å². The van der Waals surface area contributed by atoms with Crippen molar-refractivity contribution in [2.45, 2.75) is 13.8 Å². The summed E-state index contributed by atoms with van der Waals surface area (Å²) in [6.45, 7) is 4.22. The average Bonchev–Trinajstić information content (AvgIpc) is 2.66. The number of aryl methyl sites for hydroxylation is 1. The number of rotatable bonds is 3. The van der Waals surface area contributed by atoms with Crippen LogP contribution in [-0.4, -0.2) is 15.0 Å². The number of halogens is 1. The van der Waals surface area contributed by atoms with Gasteiger partial charge in [0.25, 0.3) is 0 Å². The Bertz CT molecular complexity index is 1050. The monoisotopic (exact) mass is 362 g/mol. The summed E-state index contributed by atoms with van der Waals surface area (Å²) < 4.78 is 0. The number of nitrogens with zero attached hydrogens (tertiary/aromatic N) is 3. The van der Waals surface area contributed by atoms with E-state index >= 15 is 0 Å². The predicted molar refractivity (Wildman–Crippen MR) is 109 cm³/mol. The third-order valence-corrected chi connectivity index (χ3v) is 4.38. The van der Waals surface area contributed by atoms with Crippen LogP contribution < -0.4 is 5.32 Å². The minimum atomic E-state index is 0. The molecule has 0 saturated heterocycles. The van der Waals surface area contributed by atoms with Crippen molar-refractivity contribution in [3.63, 3.8) is 0 Å². The molecule has 0 aliphatic rings. The molecule has 0 aliphatic carbocycles. The van der Waals surface area contributed by atoms with Crippen molar-refractivity contribution in [2.24, 2.45) is 0 Å². The van der Waals surface area contributed by atoms with E-state index in [1.807, 2.05) is 36.4 Å². The van der Waals surface area contributed by atoms with Gasteiger partial charge in [-0.2, -0.15) is 0 Å². The van der Waals surface area contributed by atoms with Gasteiger partial charge in [0.2, 0.25) is 0 Å². The second-order valence-electron chi connectivity index (χ2n) is 6.03. The number of hydrogen-bond acceptors (Lipinski definition) is 4. The van der Waals surface area contributed by atoms with E-state index in [-0.39, 0.29) is 12.4 Å². The molecule has 4 nitrogen and oxygen atoms in total. The second kappa shape index (κ2) is 7.50. The molecule has 5 heteroatoms. The molecule has 26 heavy (non-hydrogen) atoms. The van der Waals surface area contributed by atoms with Crippen molar-refractivity contribution in [2.75, 3.05) is 5.32 Å². The maximum absolute atomic E-state index is 4.77. The molecular weight excluding hydrogens is 344 g/mol. The Hall–Kier alpha value is -2.98. The molecule has 0 radical (unpaired) electrons. The van der Waals surface area contributed by atoms with Crippen LogP contribution in [-0.2, 0) is 0 Å². The van der Waals surface area contributed by atoms with Crippen LogP contribution in [0.3, 0.4) is 0 Å². The van der Waals surface area contributed by atoms with Crippen molar-refractivity contribution in [3.8, 4) is 11.4 Å². The molecule has 2 aromatic heterocycles. The fraction of sp³-hybridized carbons (Fsp3) is 0.0952. The van der Waals surface area contributed by atoms with E-state index < -0.39 is 0 Å². The first-order valence-corrected chi connectivity index (χ1v) is 8.23. The molecule has 0 aliphatic heterocycles. The molecule has 0 unspecified atom stereocenters. The van der Waals surface area contributed by atoms with Crippen LogP contribution in [0.25, 0.3) is 22.3 Å². The van der Waals surface area contributed by atoms with Crippen LogP contribution >= 0.6 is 12.4 Å². The summed E-state index contributed by atoms with van der Waals surface area (Å²) in [4.78, 5) is 13.7. The first kappa shape index (κ1) is 17.8. The third kappa shape index (κ3) is 3.37. The maximum atomic E-state index is 4.77. The molecule has 0 fully saturated rings. The summed E-state index contributed by atoms with van der Waals surface area (Å²) in [7, 11) is 0. The second-order valence-corrected chi connectivity index (χ2v) is 6.03. The van der Waals surface area contributed by atoms with E-state index in [4.69, 9.17) is 9.97 Å². The molecule has 0 spiro atoms. The third-order valence-electron chi connectivity index (χ3n) is 4.38. The van der Waals surface area contributed by atoms with Gasteiger partial charge in [-0.15, -0.1) is 12.4 Å². The Balaban J connectivity index is 0.00000196. The highest BCUT2D eigenvalue weighted by atomic mass is 35.5. The molecule has 2 heterocycles. The van der Waals surface area contributed by atoms with E-state index in [2.05, 4.69) is 42.3 Å². The van der Waals surface area contributed by atoms with Crippen LogP contribution in [0.1, 0.15) is 11.1 Å². The molecule has 4 aromatic rings. The van der Waals surface area contributed by atoms with Gasteiger partial charge in [0.05, 0.1) is 5.52 Å². The Morgan fingerprint density at radius 2 is 1.69 bits per heavy atom. The van der Waals surface area contributed by atoms with Gasteiger partial charge in [-0.25, -0.2) is 9.97 Å². The minimum Gasteiger partial charge on any atom is -0.339 e. The molecule has 0 amide bonds. The van der Waals surface area contributed by atoms with Crippen molar-refractivity contribution in [3.05, 3.63) is 78.1 Å². The fourth-order valence-corrected chi connectivity index (χ4v) is 2.81. The smallest absolute Gasteiger partial charge is 0.163 e. The van der Waals surface area contributed by atoms with E-state index in [1.54, 1.807) is 12.4 Å². The summed E-state index contributed by atoms with van der Waals surface area (Å²) in [5, 5.41) is 4.49. The normalized spacial score (nSPS) is 10.4. The Labute approximate surface area is 158 Å². The van der Waals surface area contributed by atoms with E-state index in [0.717, 1.165) is 28.0 Å². The SMILES string of the molecule is Cc1cccc(Nc2nc(-c3cccnc3)nc3ccccc23)c1C.Cl. The van der Waals surface area contributed by atoms with Gasteiger partial charge in [0, 0.05) is 29.0 Å².